The van der Waals surface area contributed by atoms with Crippen LogP contribution in [0.5, 0.6) is 0 Å². The number of amidine groups is 1. The summed E-state index contributed by atoms with van der Waals surface area (Å²) in [6.07, 6.45) is 1.85. The summed E-state index contributed by atoms with van der Waals surface area (Å²) in [4.78, 5) is 9.52. The maximum Gasteiger partial charge on any atom is 0.106 e. The normalized spacial score (nSPS) is 13.9. The number of rotatable bonds is 6. The molecule has 0 saturated carbocycles. The van der Waals surface area contributed by atoms with Crippen molar-refractivity contribution in [3.8, 4) is 0 Å². The molecular weight excluding hydrogens is 342 g/mol. The second-order valence-electron chi connectivity index (χ2n) is 9.34. The molecule has 0 radical (unpaired) electrons. The zero-order chi connectivity index (χ0) is 20.9. The lowest BCUT2D eigenvalue weighted by Crippen LogP contribution is -2.30. The van der Waals surface area contributed by atoms with E-state index in [0.717, 1.165) is 18.1 Å². The van der Waals surface area contributed by atoms with Crippen LogP contribution < -0.4 is 5.32 Å². The van der Waals surface area contributed by atoms with Crippen molar-refractivity contribution in [1.29, 1.82) is 0 Å². The number of hydrogen-bond acceptors (Lipinski definition) is 2. The lowest BCUT2D eigenvalue weighted by molar-refractivity contribution is 0.582. The van der Waals surface area contributed by atoms with Crippen molar-refractivity contribution in [2.75, 3.05) is 11.9 Å². The zero-order valence-electron chi connectivity index (χ0n) is 18.9. The second-order valence-corrected chi connectivity index (χ2v) is 9.34. The van der Waals surface area contributed by atoms with Crippen LogP contribution in [0.3, 0.4) is 0 Å². The third-order valence-corrected chi connectivity index (χ3v) is 5.04. The van der Waals surface area contributed by atoms with Crippen molar-refractivity contribution in [2.45, 2.75) is 73.1 Å². The van der Waals surface area contributed by atoms with Gasteiger partial charge in [-0.2, -0.15) is 0 Å². The Bertz CT molecular complexity index is 757. The van der Waals surface area contributed by atoms with Gasteiger partial charge in [-0.05, 0) is 35.1 Å². The summed E-state index contributed by atoms with van der Waals surface area (Å²) >= 11 is 0. The molecule has 1 N–H and O–H groups in total. The van der Waals surface area contributed by atoms with Crippen LogP contribution in [0, 0.1) is 5.41 Å². The van der Waals surface area contributed by atoms with Crippen LogP contribution >= 0.6 is 0 Å². The summed E-state index contributed by atoms with van der Waals surface area (Å²) in [6.45, 7) is 18.6. The zero-order valence-corrected chi connectivity index (χ0v) is 18.9. The first-order valence-electron chi connectivity index (χ1n) is 10.5. The molecule has 3 nitrogen and oxygen atoms in total. The Kier molecular flexibility index (Phi) is 7.40. The third-order valence-electron chi connectivity index (χ3n) is 5.04. The van der Waals surface area contributed by atoms with Gasteiger partial charge in [0.2, 0.25) is 0 Å². The van der Waals surface area contributed by atoms with Crippen LogP contribution in [0.4, 0.5) is 5.69 Å². The lowest BCUT2D eigenvalue weighted by Gasteiger charge is -2.28. The second kappa shape index (κ2) is 9.36. The van der Waals surface area contributed by atoms with Gasteiger partial charge in [0.1, 0.15) is 5.84 Å². The van der Waals surface area contributed by atoms with Gasteiger partial charge >= 0.3 is 0 Å². The molecule has 1 heterocycles. The Morgan fingerprint density at radius 1 is 0.929 bits per heavy atom. The van der Waals surface area contributed by atoms with Crippen molar-refractivity contribution in [2.24, 2.45) is 10.4 Å². The quantitative estimate of drug-likeness (QED) is 0.434. The van der Waals surface area contributed by atoms with E-state index in [4.69, 9.17) is 4.99 Å². The highest BCUT2D eigenvalue weighted by molar-refractivity contribution is 6.00. The summed E-state index contributed by atoms with van der Waals surface area (Å²) in [5.74, 6) is 2.22. The van der Waals surface area contributed by atoms with Gasteiger partial charge in [0.25, 0.3) is 0 Å². The molecule has 0 unspecified atom stereocenters. The van der Waals surface area contributed by atoms with Gasteiger partial charge in [-0.15, -0.1) is 0 Å². The fourth-order valence-electron chi connectivity index (χ4n) is 3.27. The number of anilines is 1. The van der Waals surface area contributed by atoms with E-state index in [0.29, 0.717) is 11.8 Å². The van der Waals surface area contributed by atoms with Crippen LogP contribution in [-0.4, -0.2) is 17.4 Å². The molecule has 152 valence electrons. The number of hydrogen-bond donors (Lipinski definition) is 1. The summed E-state index contributed by atoms with van der Waals surface area (Å²) < 4.78 is 0. The SMILES string of the molecule is CC(C)c1cccc(C(C)C)c1NC(=NC[C@@H](C)c1ccccn1)C(C)(C)C. The fourth-order valence-corrected chi connectivity index (χ4v) is 3.27. The molecule has 0 aliphatic heterocycles. The van der Waals surface area contributed by atoms with E-state index in [1.54, 1.807) is 0 Å². The third kappa shape index (κ3) is 5.67. The molecule has 0 aliphatic rings. The molecule has 1 aromatic carbocycles. The molecule has 0 aliphatic carbocycles. The minimum absolute atomic E-state index is 0.0673. The molecule has 1 aromatic heterocycles. The first kappa shape index (κ1) is 22.1. The van der Waals surface area contributed by atoms with Crippen molar-refractivity contribution in [3.63, 3.8) is 0 Å². The van der Waals surface area contributed by atoms with Crippen LogP contribution in [0.15, 0.2) is 47.6 Å². The summed E-state index contributed by atoms with van der Waals surface area (Å²) in [5.41, 5.74) is 4.95. The Labute approximate surface area is 171 Å². The summed E-state index contributed by atoms with van der Waals surface area (Å²) in [6, 6.07) is 12.7. The van der Waals surface area contributed by atoms with E-state index in [-0.39, 0.29) is 11.3 Å². The van der Waals surface area contributed by atoms with Crippen LogP contribution in [0.1, 0.15) is 90.0 Å². The number of pyridine rings is 1. The van der Waals surface area contributed by atoms with Gasteiger partial charge in [0.15, 0.2) is 0 Å². The number of benzene rings is 1. The molecule has 28 heavy (non-hydrogen) atoms. The topological polar surface area (TPSA) is 37.3 Å². The Hall–Kier alpha value is -2.16. The molecule has 2 aromatic rings. The fraction of sp³-hybridized carbons (Fsp3) is 0.520. The van der Waals surface area contributed by atoms with E-state index < -0.39 is 0 Å². The van der Waals surface area contributed by atoms with Crippen molar-refractivity contribution in [3.05, 3.63) is 59.4 Å². The maximum atomic E-state index is 5.03. The molecule has 0 bridgehead atoms. The monoisotopic (exact) mass is 379 g/mol. The van der Waals surface area contributed by atoms with Gasteiger partial charge in [-0.3, -0.25) is 9.98 Å². The van der Waals surface area contributed by atoms with Gasteiger partial charge in [0, 0.05) is 35.5 Å². The highest BCUT2D eigenvalue weighted by atomic mass is 15.0. The predicted molar refractivity (Wildman–Crippen MR) is 123 cm³/mol. The van der Waals surface area contributed by atoms with E-state index in [1.165, 1.54) is 16.8 Å². The average molecular weight is 380 g/mol. The van der Waals surface area contributed by atoms with Gasteiger partial charge in [-0.25, -0.2) is 0 Å². The van der Waals surface area contributed by atoms with Crippen LogP contribution in [0.2, 0.25) is 0 Å². The van der Waals surface area contributed by atoms with Crippen LogP contribution in [-0.2, 0) is 0 Å². The maximum absolute atomic E-state index is 5.03. The largest absolute Gasteiger partial charge is 0.343 e. The lowest BCUT2D eigenvalue weighted by atomic mass is 9.90. The predicted octanol–water partition coefficient (Wildman–Crippen LogP) is 6.99. The standard InChI is InChI=1S/C25H37N3/c1-17(2)20-12-11-13-21(18(3)4)23(20)28-24(25(6,7)8)27-16-19(5)22-14-9-10-15-26-22/h9-15,17-19H,16H2,1-8H3,(H,27,28)/t19-/m1/s1. The van der Waals surface area contributed by atoms with Crippen molar-refractivity contribution >= 4 is 11.5 Å². The Balaban J connectivity index is 2.38. The number of para-hydroxylation sites is 1. The number of aliphatic imine (C=N–C) groups is 1. The Morgan fingerprint density at radius 2 is 1.54 bits per heavy atom. The van der Waals surface area contributed by atoms with Gasteiger partial charge in [-0.1, -0.05) is 79.7 Å². The number of nitrogens with zero attached hydrogens (tertiary/aromatic N) is 2. The molecule has 0 saturated heterocycles. The highest BCUT2D eigenvalue weighted by Gasteiger charge is 2.23. The first-order valence-corrected chi connectivity index (χ1v) is 10.5. The minimum atomic E-state index is -0.0673. The molecule has 3 heteroatoms. The molecule has 0 spiro atoms. The first-order chi connectivity index (χ1) is 13.1. The van der Waals surface area contributed by atoms with E-state index in [2.05, 4.69) is 90.0 Å². The average Bonchev–Trinajstić information content (AvgIpc) is 2.64. The smallest absolute Gasteiger partial charge is 0.106 e. The highest BCUT2D eigenvalue weighted by Crippen LogP contribution is 2.34. The van der Waals surface area contributed by atoms with Gasteiger partial charge < -0.3 is 5.32 Å². The molecule has 2 rings (SSSR count). The van der Waals surface area contributed by atoms with Crippen molar-refractivity contribution in [1.82, 2.24) is 4.98 Å². The Morgan fingerprint density at radius 3 is 2.00 bits per heavy atom. The van der Waals surface area contributed by atoms with Crippen LogP contribution in [0.25, 0.3) is 0 Å². The molecule has 1 atom stereocenters. The minimum Gasteiger partial charge on any atom is -0.343 e. The number of nitrogens with one attached hydrogen (secondary N) is 1. The van der Waals surface area contributed by atoms with Gasteiger partial charge in [0.05, 0.1) is 0 Å². The molecule has 0 amide bonds. The molecular formula is C25H37N3. The van der Waals surface area contributed by atoms with E-state index in [9.17, 15) is 0 Å². The summed E-state index contributed by atoms with van der Waals surface area (Å²) in [5, 5.41) is 3.76. The number of aromatic nitrogens is 1. The van der Waals surface area contributed by atoms with E-state index in [1.807, 2.05) is 18.3 Å². The molecule has 0 fully saturated rings. The van der Waals surface area contributed by atoms with E-state index >= 15 is 0 Å². The van der Waals surface area contributed by atoms with Crippen molar-refractivity contribution < 1.29 is 0 Å². The summed E-state index contributed by atoms with van der Waals surface area (Å²) in [7, 11) is 0.